The number of hydrogen-bond donors (Lipinski definition) is 0. The molecule has 10 heteroatoms. The van der Waals surface area contributed by atoms with Crippen molar-refractivity contribution in [2.75, 3.05) is 18.0 Å². The van der Waals surface area contributed by atoms with Crippen LogP contribution in [-0.4, -0.2) is 50.5 Å². The Bertz CT molecular complexity index is 1880. The number of aromatic nitrogens is 3. The first-order valence-corrected chi connectivity index (χ1v) is 15.5. The molecule has 1 fully saturated rings. The number of nitrogens with zero attached hydrogens (tertiary/aromatic N) is 5. The van der Waals surface area contributed by atoms with E-state index in [1.807, 2.05) is 59.4 Å². The molecule has 1 unspecified atom stereocenters. The van der Waals surface area contributed by atoms with E-state index in [1.54, 1.807) is 33.9 Å². The van der Waals surface area contributed by atoms with E-state index >= 15 is 4.39 Å². The molecule has 1 aromatic carbocycles. The maximum absolute atomic E-state index is 15.3. The third-order valence-corrected chi connectivity index (χ3v) is 9.17. The van der Waals surface area contributed by atoms with Crippen molar-refractivity contribution in [2.24, 2.45) is 0 Å². The highest BCUT2D eigenvalue weighted by molar-refractivity contribution is 6.32. The summed E-state index contributed by atoms with van der Waals surface area (Å²) in [6.45, 7) is 18.2. The van der Waals surface area contributed by atoms with E-state index in [2.05, 4.69) is 16.5 Å². The van der Waals surface area contributed by atoms with Crippen molar-refractivity contribution in [1.29, 1.82) is 0 Å². The smallest absolute Gasteiger partial charge is 0.354 e. The Morgan fingerprint density at radius 3 is 2.56 bits per heavy atom. The zero-order valence-electron chi connectivity index (χ0n) is 26.8. The number of carbonyl (C=O) groups excluding carboxylic acids is 1. The van der Waals surface area contributed by atoms with Gasteiger partial charge in [-0.2, -0.15) is 4.98 Å². The van der Waals surface area contributed by atoms with Gasteiger partial charge in [-0.3, -0.25) is 14.3 Å². The van der Waals surface area contributed by atoms with Crippen LogP contribution >= 0.6 is 11.6 Å². The molecule has 236 valence electrons. The molecule has 3 aromatic heterocycles. The number of fused-ring (bicyclic) bond motifs is 1. The van der Waals surface area contributed by atoms with Gasteiger partial charge in [0.15, 0.2) is 0 Å². The molecule has 45 heavy (non-hydrogen) atoms. The van der Waals surface area contributed by atoms with Crippen LogP contribution in [0.25, 0.3) is 22.7 Å². The SMILES string of the molecule is C=CC(=O)N1C[C@H](C)N(c2nc(=O)n(-c3c(C)ccnc3C(C)C)c(C)c2/C=C(/Cl)C(C)c2c(F)ccc3ccoc23)C[C@H]1C. The van der Waals surface area contributed by atoms with Crippen molar-refractivity contribution in [3.8, 4) is 5.69 Å². The maximum Gasteiger partial charge on any atom is 0.354 e. The number of aryl methyl sites for hydroxylation is 1. The van der Waals surface area contributed by atoms with Crippen LogP contribution in [0.15, 0.2) is 63.6 Å². The summed E-state index contributed by atoms with van der Waals surface area (Å²) < 4.78 is 22.5. The molecule has 4 aromatic rings. The summed E-state index contributed by atoms with van der Waals surface area (Å²) in [5.74, 6) is -0.642. The van der Waals surface area contributed by atoms with Gasteiger partial charge in [0.05, 0.1) is 17.6 Å². The van der Waals surface area contributed by atoms with Gasteiger partial charge in [0.2, 0.25) is 5.91 Å². The highest BCUT2D eigenvalue weighted by Crippen LogP contribution is 2.38. The molecule has 1 saturated heterocycles. The van der Waals surface area contributed by atoms with Crippen LogP contribution in [0.1, 0.15) is 74.5 Å². The van der Waals surface area contributed by atoms with Gasteiger partial charge >= 0.3 is 5.69 Å². The van der Waals surface area contributed by atoms with E-state index in [-0.39, 0.29) is 23.9 Å². The molecule has 3 atom stereocenters. The zero-order valence-corrected chi connectivity index (χ0v) is 27.5. The molecular weight excluding hydrogens is 593 g/mol. The second-order valence-electron chi connectivity index (χ2n) is 12.2. The van der Waals surface area contributed by atoms with Crippen LogP contribution in [0.4, 0.5) is 10.2 Å². The third kappa shape index (κ3) is 5.81. The number of anilines is 1. The topological polar surface area (TPSA) is 84.5 Å². The molecule has 1 aliphatic heterocycles. The van der Waals surface area contributed by atoms with Crippen molar-refractivity contribution < 1.29 is 13.6 Å². The van der Waals surface area contributed by atoms with Gasteiger partial charge in [0, 0.05) is 64.5 Å². The normalized spacial score (nSPS) is 18.1. The standard InChI is InChI=1S/C35H39ClFN5O3/c1-9-29(43)40-17-22(6)41(18-21(40)5)34-26(16-27(36)23(7)30-28(37)11-10-25-13-15-45-33(25)30)24(8)42(35(44)39-34)32-20(4)12-14-38-31(32)19(2)3/h9-16,19,21-23H,1,17-18H2,2-8H3/b27-16+/t21-,22+,23?/m1/s1. The highest BCUT2D eigenvalue weighted by Gasteiger charge is 2.34. The average Bonchev–Trinajstić information content (AvgIpc) is 3.48. The molecule has 4 heterocycles. The molecule has 1 aliphatic rings. The van der Waals surface area contributed by atoms with Crippen LogP contribution in [0.5, 0.6) is 0 Å². The lowest BCUT2D eigenvalue weighted by Crippen LogP contribution is -2.58. The van der Waals surface area contributed by atoms with E-state index in [0.29, 0.717) is 52.0 Å². The Balaban J connectivity index is 1.73. The van der Waals surface area contributed by atoms with Crippen LogP contribution < -0.4 is 10.6 Å². The monoisotopic (exact) mass is 631 g/mol. The summed E-state index contributed by atoms with van der Waals surface area (Å²) in [5.41, 5.74) is 3.92. The number of halogens is 2. The Kier molecular flexibility index (Phi) is 9.03. The lowest BCUT2D eigenvalue weighted by molar-refractivity contribution is -0.128. The number of rotatable bonds is 7. The molecule has 0 saturated carbocycles. The minimum absolute atomic E-state index is 0.0431. The van der Waals surface area contributed by atoms with E-state index in [0.717, 1.165) is 16.6 Å². The van der Waals surface area contributed by atoms with Crippen molar-refractivity contribution in [1.82, 2.24) is 19.4 Å². The first-order valence-electron chi connectivity index (χ1n) is 15.2. The molecular formula is C35H39ClFN5O3. The largest absolute Gasteiger partial charge is 0.464 e. The fourth-order valence-corrected chi connectivity index (χ4v) is 6.46. The van der Waals surface area contributed by atoms with Gasteiger partial charge in [-0.15, -0.1) is 0 Å². The number of piperazine rings is 1. The van der Waals surface area contributed by atoms with E-state index in [1.165, 1.54) is 18.4 Å². The van der Waals surface area contributed by atoms with Crippen LogP contribution in [0, 0.1) is 19.7 Å². The first-order chi connectivity index (χ1) is 21.3. The van der Waals surface area contributed by atoms with E-state index in [9.17, 15) is 9.59 Å². The predicted molar refractivity (Wildman–Crippen MR) is 178 cm³/mol. The van der Waals surface area contributed by atoms with Gasteiger partial charge in [-0.1, -0.05) is 39.0 Å². The number of hydrogen-bond acceptors (Lipinski definition) is 6. The number of furan rings is 1. The molecule has 5 rings (SSSR count). The first kappa shape index (κ1) is 32.2. The molecule has 1 amide bonds. The van der Waals surface area contributed by atoms with Crippen LogP contribution in [0.2, 0.25) is 0 Å². The second-order valence-corrected chi connectivity index (χ2v) is 12.6. The maximum atomic E-state index is 15.3. The minimum atomic E-state index is -0.570. The highest BCUT2D eigenvalue weighted by atomic mass is 35.5. The molecule has 0 aliphatic carbocycles. The number of pyridine rings is 1. The number of allylic oxidation sites excluding steroid dienone is 1. The Morgan fingerprint density at radius 1 is 1.13 bits per heavy atom. The van der Waals surface area contributed by atoms with Gasteiger partial charge in [0.25, 0.3) is 0 Å². The quantitative estimate of drug-likeness (QED) is 0.200. The number of benzene rings is 1. The number of carbonyl (C=O) groups is 1. The summed E-state index contributed by atoms with van der Waals surface area (Å²) >= 11 is 7.07. The van der Waals surface area contributed by atoms with Crippen molar-refractivity contribution >= 4 is 40.4 Å². The van der Waals surface area contributed by atoms with Crippen LogP contribution in [-0.2, 0) is 4.79 Å². The number of amides is 1. The molecule has 0 spiro atoms. The molecule has 8 nitrogen and oxygen atoms in total. The molecule has 0 radical (unpaired) electrons. The van der Waals surface area contributed by atoms with Crippen molar-refractivity contribution in [3.63, 3.8) is 0 Å². The summed E-state index contributed by atoms with van der Waals surface area (Å²) in [4.78, 5) is 39.7. The third-order valence-electron chi connectivity index (χ3n) is 8.74. The second kappa shape index (κ2) is 12.6. The lowest BCUT2D eigenvalue weighted by Gasteiger charge is -2.45. The molecule has 0 N–H and O–H groups in total. The van der Waals surface area contributed by atoms with Gasteiger partial charge in [0.1, 0.15) is 17.2 Å². The lowest BCUT2D eigenvalue weighted by atomic mass is 9.96. The fraction of sp³-hybridized carbons (Fsp3) is 0.371. The zero-order chi connectivity index (χ0) is 32.7. The minimum Gasteiger partial charge on any atom is -0.464 e. The average molecular weight is 632 g/mol. The Hall–Kier alpha value is -4.24. The van der Waals surface area contributed by atoms with Crippen molar-refractivity contribution in [3.05, 3.63) is 98.8 Å². The summed E-state index contributed by atoms with van der Waals surface area (Å²) in [5, 5.41) is 1.13. The predicted octanol–water partition coefficient (Wildman–Crippen LogP) is 7.25. The van der Waals surface area contributed by atoms with Gasteiger partial charge < -0.3 is 14.2 Å². The molecule has 0 bridgehead atoms. The van der Waals surface area contributed by atoms with Gasteiger partial charge in [-0.05, 0) is 75.6 Å². The Morgan fingerprint density at radius 2 is 1.87 bits per heavy atom. The summed E-state index contributed by atoms with van der Waals surface area (Å²) in [6, 6.07) is 6.41. The summed E-state index contributed by atoms with van der Waals surface area (Å²) in [7, 11) is 0. The van der Waals surface area contributed by atoms with Gasteiger partial charge in [-0.25, -0.2) is 9.18 Å². The van der Waals surface area contributed by atoms with Crippen LogP contribution in [0.3, 0.4) is 0 Å². The fourth-order valence-electron chi connectivity index (χ4n) is 6.24. The van der Waals surface area contributed by atoms with Crippen molar-refractivity contribution in [2.45, 2.75) is 72.4 Å². The van der Waals surface area contributed by atoms with E-state index < -0.39 is 17.4 Å². The summed E-state index contributed by atoms with van der Waals surface area (Å²) in [6.07, 6.45) is 6.37. The Labute approximate surface area is 267 Å². The van der Waals surface area contributed by atoms with E-state index in [4.69, 9.17) is 16.0 Å².